The van der Waals surface area contributed by atoms with Crippen molar-refractivity contribution in [2.24, 2.45) is 11.8 Å². The summed E-state index contributed by atoms with van der Waals surface area (Å²) in [6.45, 7) is 4.34. The van der Waals surface area contributed by atoms with Gasteiger partial charge in [0, 0.05) is 37.6 Å². The molecule has 0 atom stereocenters. The molecule has 8 heteroatoms. The number of carbonyl (C=O) groups excluding carboxylic acids is 2. The van der Waals surface area contributed by atoms with Crippen LogP contribution in [0.25, 0.3) is 5.69 Å². The number of ether oxygens (including phenoxy) is 2. The molecule has 1 aromatic heterocycles. The molecule has 0 radical (unpaired) electrons. The molecular formula is C27H36N4O4. The first-order valence-corrected chi connectivity index (χ1v) is 12.9. The summed E-state index contributed by atoms with van der Waals surface area (Å²) >= 11 is 0. The molecule has 1 aliphatic carbocycles. The maximum atomic E-state index is 12.9. The van der Waals surface area contributed by atoms with Gasteiger partial charge in [-0.05, 0) is 75.6 Å². The van der Waals surface area contributed by atoms with Crippen molar-refractivity contribution in [3.63, 3.8) is 0 Å². The number of rotatable bonds is 5. The molecule has 1 aromatic carbocycles. The van der Waals surface area contributed by atoms with E-state index in [9.17, 15) is 9.59 Å². The van der Waals surface area contributed by atoms with Gasteiger partial charge in [0.15, 0.2) is 0 Å². The molecule has 1 saturated carbocycles. The summed E-state index contributed by atoms with van der Waals surface area (Å²) in [5.74, 6) is 1.21. The minimum absolute atomic E-state index is 0.0145. The number of amides is 2. The molecule has 0 unspecified atom stereocenters. The van der Waals surface area contributed by atoms with E-state index < -0.39 is 0 Å². The SMILES string of the molecule is CCOC(=O)C1CCC(CNC(=O)N2CCC3(CC2)Nc2cc(OC)ccc2-n2cccc23)CC1. The lowest BCUT2D eigenvalue weighted by molar-refractivity contribution is -0.149. The standard InChI is InChI=1S/C27H36N4O4/c1-3-35-25(32)20-8-6-19(7-9-20)18-28-26(33)30-15-12-27(13-16-30)24-5-4-14-31(24)23-11-10-21(34-2)17-22(23)29-27/h4-5,10-11,14,17,19-20,29H,3,6-9,12-13,15-16,18H2,1-2H3,(H,28,33). The summed E-state index contributed by atoms with van der Waals surface area (Å²) in [4.78, 5) is 26.8. The van der Waals surface area contributed by atoms with Gasteiger partial charge in [0.1, 0.15) is 5.75 Å². The van der Waals surface area contributed by atoms with E-state index >= 15 is 0 Å². The second-order valence-corrected chi connectivity index (χ2v) is 10.00. The Hall–Kier alpha value is -3.16. The lowest BCUT2D eigenvalue weighted by Gasteiger charge is -2.46. The Morgan fingerprint density at radius 2 is 1.91 bits per heavy atom. The number of urea groups is 1. The fourth-order valence-corrected chi connectivity index (χ4v) is 5.93. The third-order valence-electron chi connectivity index (χ3n) is 7.99. The third kappa shape index (κ3) is 4.58. The van der Waals surface area contributed by atoms with Crippen molar-refractivity contribution in [1.82, 2.24) is 14.8 Å². The predicted octanol–water partition coefficient (Wildman–Crippen LogP) is 4.28. The molecule has 2 aromatic rings. The van der Waals surface area contributed by atoms with E-state index in [0.29, 0.717) is 32.2 Å². The highest BCUT2D eigenvalue weighted by atomic mass is 16.5. The van der Waals surface area contributed by atoms with Crippen molar-refractivity contribution in [1.29, 1.82) is 0 Å². The van der Waals surface area contributed by atoms with Crippen LogP contribution in [0.1, 0.15) is 51.1 Å². The first kappa shape index (κ1) is 23.6. The van der Waals surface area contributed by atoms with Crippen molar-refractivity contribution in [2.45, 2.75) is 51.0 Å². The number of carbonyl (C=O) groups is 2. The Labute approximate surface area is 207 Å². The number of hydrogen-bond acceptors (Lipinski definition) is 5. The van der Waals surface area contributed by atoms with Gasteiger partial charge < -0.3 is 29.6 Å². The summed E-state index contributed by atoms with van der Waals surface area (Å²) in [6, 6.07) is 10.4. The highest BCUT2D eigenvalue weighted by molar-refractivity contribution is 5.75. The van der Waals surface area contributed by atoms with Crippen LogP contribution in [0.15, 0.2) is 36.5 Å². The average molecular weight is 481 g/mol. The minimum atomic E-state index is -0.203. The predicted molar refractivity (Wildman–Crippen MR) is 134 cm³/mol. The minimum Gasteiger partial charge on any atom is -0.497 e. The molecule has 2 aliphatic heterocycles. The van der Waals surface area contributed by atoms with Gasteiger partial charge in [0.25, 0.3) is 0 Å². The van der Waals surface area contributed by atoms with Crippen LogP contribution >= 0.6 is 0 Å². The van der Waals surface area contributed by atoms with Gasteiger partial charge in [0.2, 0.25) is 0 Å². The van der Waals surface area contributed by atoms with Gasteiger partial charge in [-0.2, -0.15) is 0 Å². The van der Waals surface area contributed by atoms with Gasteiger partial charge in [-0.15, -0.1) is 0 Å². The zero-order valence-corrected chi connectivity index (χ0v) is 20.7. The third-order valence-corrected chi connectivity index (χ3v) is 7.99. The van der Waals surface area contributed by atoms with Crippen LogP contribution in [-0.2, 0) is 15.1 Å². The second kappa shape index (κ2) is 9.84. The van der Waals surface area contributed by atoms with Crippen LogP contribution in [0, 0.1) is 11.8 Å². The Kier molecular flexibility index (Phi) is 6.62. The number of aromatic nitrogens is 1. The summed E-state index contributed by atoms with van der Waals surface area (Å²) in [5, 5.41) is 6.95. The van der Waals surface area contributed by atoms with Gasteiger partial charge in [-0.25, -0.2) is 4.79 Å². The Balaban J connectivity index is 1.16. The number of nitrogens with one attached hydrogen (secondary N) is 2. The number of benzene rings is 1. The maximum Gasteiger partial charge on any atom is 0.317 e. The first-order chi connectivity index (χ1) is 17.0. The van der Waals surface area contributed by atoms with Crippen molar-refractivity contribution in [3.8, 4) is 11.4 Å². The summed E-state index contributed by atoms with van der Waals surface area (Å²) in [7, 11) is 1.69. The van der Waals surface area contributed by atoms with Crippen molar-refractivity contribution < 1.29 is 19.1 Å². The van der Waals surface area contributed by atoms with E-state index in [4.69, 9.17) is 9.47 Å². The molecule has 2 fully saturated rings. The molecular weight excluding hydrogens is 444 g/mol. The Morgan fingerprint density at radius 1 is 1.14 bits per heavy atom. The van der Waals surface area contributed by atoms with E-state index in [1.807, 2.05) is 17.9 Å². The maximum absolute atomic E-state index is 12.9. The topological polar surface area (TPSA) is 84.8 Å². The quantitative estimate of drug-likeness (QED) is 0.624. The van der Waals surface area contributed by atoms with E-state index in [1.165, 1.54) is 5.69 Å². The Bertz CT molecular complexity index is 1060. The lowest BCUT2D eigenvalue weighted by Crippen LogP contribution is -2.53. The number of methoxy groups -OCH3 is 1. The second-order valence-electron chi connectivity index (χ2n) is 10.00. The van der Waals surface area contributed by atoms with E-state index in [2.05, 4.69) is 45.7 Å². The number of nitrogens with zero attached hydrogens (tertiary/aromatic N) is 2. The Morgan fingerprint density at radius 3 is 2.63 bits per heavy atom. The van der Waals surface area contributed by atoms with Crippen LogP contribution in [0.2, 0.25) is 0 Å². The van der Waals surface area contributed by atoms with Crippen molar-refractivity contribution in [3.05, 3.63) is 42.2 Å². The fourth-order valence-electron chi connectivity index (χ4n) is 5.93. The molecule has 2 N–H and O–H groups in total. The summed E-state index contributed by atoms with van der Waals surface area (Å²) in [6.07, 6.45) is 7.40. The van der Waals surface area contributed by atoms with Crippen LogP contribution in [0.3, 0.4) is 0 Å². The molecule has 0 bridgehead atoms. The number of anilines is 1. The molecule has 8 nitrogen and oxygen atoms in total. The number of esters is 1. The van der Waals surface area contributed by atoms with Gasteiger partial charge in [-0.3, -0.25) is 4.79 Å². The van der Waals surface area contributed by atoms with Gasteiger partial charge in [-0.1, -0.05) is 0 Å². The zero-order valence-electron chi connectivity index (χ0n) is 20.7. The molecule has 3 aliphatic rings. The summed E-state index contributed by atoms with van der Waals surface area (Å²) < 4.78 is 12.9. The highest BCUT2D eigenvalue weighted by Crippen LogP contribution is 2.44. The molecule has 188 valence electrons. The van der Waals surface area contributed by atoms with Crippen LogP contribution < -0.4 is 15.4 Å². The number of fused-ring (bicyclic) bond motifs is 4. The monoisotopic (exact) mass is 480 g/mol. The molecule has 1 spiro atoms. The first-order valence-electron chi connectivity index (χ1n) is 12.9. The lowest BCUT2D eigenvalue weighted by atomic mass is 9.82. The number of hydrogen-bond donors (Lipinski definition) is 2. The number of piperidine rings is 1. The van der Waals surface area contributed by atoms with Crippen LogP contribution in [0.5, 0.6) is 5.75 Å². The molecule has 2 amide bonds. The van der Waals surface area contributed by atoms with Gasteiger partial charge >= 0.3 is 12.0 Å². The van der Waals surface area contributed by atoms with E-state index in [-0.39, 0.29) is 23.5 Å². The zero-order chi connectivity index (χ0) is 24.4. The molecule has 35 heavy (non-hydrogen) atoms. The smallest absolute Gasteiger partial charge is 0.317 e. The number of likely N-dealkylation sites (tertiary alicyclic amines) is 1. The van der Waals surface area contributed by atoms with Crippen molar-refractivity contribution in [2.75, 3.05) is 38.7 Å². The van der Waals surface area contributed by atoms with Crippen LogP contribution in [-0.4, -0.2) is 54.8 Å². The molecule has 3 heterocycles. The fraction of sp³-hybridized carbons (Fsp3) is 0.556. The van der Waals surface area contributed by atoms with E-state index in [0.717, 1.165) is 55.6 Å². The molecule has 5 rings (SSSR count). The largest absolute Gasteiger partial charge is 0.497 e. The van der Waals surface area contributed by atoms with Crippen molar-refractivity contribution >= 4 is 17.7 Å². The van der Waals surface area contributed by atoms with E-state index in [1.54, 1.807) is 7.11 Å². The highest BCUT2D eigenvalue weighted by Gasteiger charge is 2.42. The average Bonchev–Trinajstić information content (AvgIpc) is 3.39. The van der Waals surface area contributed by atoms with Gasteiger partial charge in [0.05, 0.1) is 36.5 Å². The molecule has 1 saturated heterocycles. The van der Waals surface area contributed by atoms with Crippen LogP contribution in [0.4, 0.5) is 10.5 Å². The summed E-state index contributed by atoms with van der Waals surface area (Å²) in [5.41, 5.74) is 3.22. The normalized spacial score (nSPS) is 22.5.